The number of hydrogen-bond acceptors (Lipinski definition) is 12. The summed E-state index contributed by atoms with van der Waals surface area (Å²) in [5.41, 5.74) is 23.0. The number of aromatic nitrogens is 9. The summed E-state index contributed by atoms with van der Waals surface area (Å²) in [6.07, 6.45) is 0. The van der Waals surface area contributed by atoms with Gasteiger partial charge in [0, 0.05) is 116 Å². The molecular weight excluding hydrogens is 1830 g/mol. The van der Waals surface area contributed by atoms with Crippen molar-refractivity contribution in [3.63, 3.8) is 0 Å². The third-order valence-electron chi connectivity index (χ3n) is 28.6. The molecule has 0 aliphatic heterocycles. The average molecular weight is 1920 g/mol. The number of hydrogen-bond donors (Lipinski definition) is 0. The van der Waals surface area contributed by atoms with Crippen molar-refractivity contribution >= 4 is 148 Å². The second kappa shape index (κ2) is 36.4. The van der Waals surface area contributed by atoms with Gasteiger partial charge >= 0.3 is 0 Å². The molecule has 22 aromatic carbocycles. The zero-order valence-corrected chi connectivity index (χ0v) is 81.8. The molecule has 0 radical (unpaired) electrons. The lowest BCUT2D eigenvalue weighted by Gasteiger charge is -2.21. The van der Waals surface area contributed by atoms with Crippen molar-refractivity contribution in [3.8, 4) is 158 Å². The highest BCUT2D eigenvalue weighted by Gasteiger charge is 2.36. The van der Waals surface area contributed by atoms with E-state index in [4.69, 9.17) is 44.9 Å². The molecule has 28 aromatic rings. The number of fused-ring (bicyclic) bond motifs is 17. The van der Waals surface area contributed by atoms with Crippen LogP contribution in [0.5, 0.6) is 0 Å². The van der Waals surface area contributed by atoms with Crippen LogP contribution in [0.3, 0.4) is 0 Å². The fourth-order valence-electron chi connectivity index (χ4n) is 21.1. The van der Waals surface area contributed by atoms with Crippen molar-refractivity contribution in [2.24, 2.45) is 0 Å². The van der Waals surface area contributed by atoms with Crippen LogP contribution in [0.25, 0.3) is 273 Å². The van der Waals surface area contributed by atoms with E-state index in [1.807, 2.05) is 88.6 Å². The third-order valence-corrected chi connectivity index (χ3v) is 31.9. The smallest absolute Gasteiger partial charge is 0.164 e. The van der Waals surface area contributed by atoms with Gasteiger partial charge in [-0.25, -0.2) is 44.9 Å². The molecule has 146 heavy (non-hydrogen) atoms. The highest BCUT2D eigenvalue weighted by molar-refractivity contribution is 7.26. The van der Waals surface area contributed by atoms with Crippen molar-refractivity contribution in [3.05, 3.63) is 490 Å². The molecule has 684 valence electrons. The van der Waals surface area contributed by atoms with E-state index in [1.165, 1.54) is 132 Å². The van der Waals surface area contributed by atoms with Gasteiger partial charge in [0.05, 0.1) is 0 Å². The Balaban J connectivity index is 0.000000109. The van der Waals surface area contributed by atoms with E-state index in [0.717, 1.165) is 99.4 Å². The van der Waals surface area contributed by atoms with Crippen LogP contribution in [0.4, 0.5) is 0 Å². The quantitative estimate of drug-likeness (QED) is 0.111. The summed E-state index contributed by atoms with van der Waals surface area (Å²) in [4.78, 5) is 45.8. The number of rotatable bonds is 13. The number of benzene rings is 22. The Bertz CT molecular complexity index is 10000. The van der Waals surface area contributed by atoms with Crippen LogP contribution in [0.1, 0.15) is 25.0 Å². The molecule has 9 nitrogen and oxygen atoms in total. The Morgan fingerprint density at radius 2 is 0.445 bits per heavy atom. The fraction of sp³-hybridized carbons (Fsp3) is 0.0224. The lowest BCUT2D eigenvalue weighted by molar-refractivity contribution is 0.660. The van der Waals surface area contributed by atoms with Gasteiger partial charge in [-0.2, -0.15) is 0 Å². The summed E-state index contributed by atoms with van der Waals surface area (Å²) in [7, 11) is 0. The van der Waals surface area contributed by atoms with E-state index < -0.39 is 0 Å². The van der Waals surface area contributed by atoms with Crippen LogP contribution >= 0.6 is 34.0 Å². The monoisotopic (exact) mass is 1920 g/mol. The van der Waals surface area contributed by atoms with Crippen LogP contribution in [0.2, 0.25) is 0 Å². The summed E-state index contributed by atoms with van der Waals surface area (Å²) in [6, 6.07) is 170. The maximum atomic E-state index is 5.18. The zero-order valence-electron chi connectivity index (χ0n) is 79.4. The minimum absolute atomic E-state index is 0.126. The summed E-state index contributed by atoms with van der Waals surface area (Å²) in [6.45, 7) is 4.62. The molecule has 0 unspecified atom stereocenters. The second-order valence-electron chi connectivity index (χ2n) is 37.8. The normalized spacial score (nSPS) is 12.1. The van der Waals surface area contributed by atoms with Crippen molar-refractivity contribution in [1.29, 1.82) is 0 Å². The van der Waals surface area contributed by atoms with Gasteiger partial charge in [-0.15, -0.1) is 34.0 Å². The Hall–Kier alpha value is -18.2. The minimum Gasteiger partial charge on any atom is -0.208 e. The van der Waals surface area contributed by atoms with E-state index >= 15 is 0 Å². The fourth-order valence-corrected chi connectivity index (χ4v) is 24.6. The molecule has 12 heteroatoms. The molecule has 6 aromatic heterocycles. The van der Waals surface area contributed by atoms with E-state index in [0.29, 0.717) is 52.4 Å². The highest BCUT2D eigenvalue weighted by atomic mass is 32.1. The molecule has 0 saturated heterocycles. The Labute approximate surface area is 854 Å². The standard InChI is InChI=1S/C50H33N3S.C43H27N3S.C41H25N3S/c1-50(2)43-17-8-7-15-38(43)39-24-23-36(27-44(39)50)48-51-47(52-49(53-48)41-16-9-13-31-10-5-6-14-37(31)41)32-20-18-30(19-21-32)35-22-25-40-42-26-33-11-3-4-12-34(33)28-46(42)54-45(40)29-35;1-3-12-28(13-4-1)29-22-24-31(25-23-29)42-44-41(30-14-5-2-6-15-30)45-43(46-42)36-19-8-7-17-33(36)34-20-11-16-32-26-40-38(27-37(32)34)35-18-9-10-21-39(35)47-40;1-2-11-27(12-3-1)39-42-40(44-41(43-39)34-19-9-15-26-10-6-7-18-33(26)34)32-17-8-16-28(22-32)31-20-21-37-35(24-31)36-23-29-13-4-5-14-30(29)25-38(36)45-37/h3-29H,1-2H3;1-27H;1-25H. The average Bonchev–Trinajstić information content (AvgIpc) is 1.58. The Morgan fingerprint density at radius 3 is 1.03 bits per heavy atom. The molecule has 0 bridgehead atoms. The molecule has 29 rings (SSSR count). The molecule has 0 fully saturated rings. The van der Waals surface area contributed by atoms with E-state index in [1.54, 1.807) is 0 Å². The topological polar surface area (TPSA) is 116 Å². The Morgan fingerprint density at radius 1 is 0.137 bits per heavy atom. The lowest BCUT2D eigenvalue weighted by atomic mass is 9.82. The van der Waals surface area contributed by atoms with Crippen LogP contribution in [-0.2, 0) is 5.41 Å². The first-order valence-electron chi connectivity index (χ1n) is 49.1. The first-order chi connectivity index (χ1) is 72.0. The summed E-state index contributed by atoms with van der Waals surface area (Å²) >= 11 is 5.56. The molecule has 0 saturated carbocycles. The SMILES string of the molecule is CC1(C)c2ccccc2-c2ccc(-c3nc(-c4ccc(-c5ccc6c(c5)sc5cc7ccccc7cc56)cc4)nc(-c4cccc5ccccc45)n3)cc21.c1ccc(-c2ccc(-c3nc(-c4ccccc4)nc(-c4ccccc4-c4cccc5cc6sc7ccccc7c6cc45)n3)cc2)cc1.c1ccc(-c2nc(-c3cccc(-c4ccc5sc6cc7ccccc7cc6c5c4)c3)nc(-c3cccc4ccccc34)n2)cc1. The largest absolute Gasteiger partial charge is 0.208 e. The molecule has 0 amide bonds. The highest BCUT2D eigenvalue weighted by Crippen LogP contribution is 2.51. The summed E-state index contributed by atoms with van der Waals surface area (Å²) < 4.78 is 7.84. The van der Waals surface area contributed by atoms with Gasteiger partial charge in [0.15, 0.2) is 52.4 Å². The molecule has 0 atom stereocenters. The maximum Gasteiger partial charge on any atom is 0.164 e. The first-order valence-corrected chi connectivity index (χ1v) is 51.6. The maximum absolute atomic E-state index is 5.18. The molecule has 1 aliphatic rings. The first kappa shape index (κ1) is 86.9. The molecule has 1 aliphatic carbocycles. The van der Waals surface area contributed by atoms with Gasteiger partial charge in [-0.3, -0.25) is 0 Å². The number of thiophene rings is 3. The Kier molecular flexibility index (Phi) is 21.7. The predicted octanol–water partition coefficient (Wildman–Crippen LogP) is 36.5. The zero-order chi connectivity index (χ0) is 96.9. The second-order valence-corrected chi connectivity index (χ2v) is 41.0. The van der Waals surface area contributed by atoms with Crippen molar-refractivity contribution in [2.45, 2.75) is 19.3 Å². The number of nitrogens with zero attached hydrogens (tertiary/aromatic N) is 9. The van der Waals surface area contributed by atoms with Gasteiger partial charge in [0.2, 0.25) is 0 Å². The van der Waals surface area contributed by atoms with Crippen molar-refractivity contribution in [2.75, 3.05) is 0 Å². The van der Waals surface area contributed by atoms with E-state index in [2.05, 4.69) is 438 Å². The molecular formula is C134H85N9S3. The summed E-state index contributed by atoms with van der Waals surface area (Å²) in [5, 5.41) is 19.9. The van der Waals surface area contributed by atoms with Crippen LogP contribution in [-0.4, -0.2) is 44.9 Å². The summed E-state index contributed by atoms with van der Waals surface area (Å²) in [5.74, 6) is 5.92. The van der Waals surface area contributed by atoms with Crippen LogP contribution in [0, 0.1) is 0 Å². The lowest BCUT2D eigenvalue weighted by Crippen LogP contribution is -2.15. The van der Waals surface area contributed by atoms with Crippen molar-refractivity contribution in [1.82, 2.24) is 44.9 Å². The van der Waals surface area contributed by atoms with E-state index in [9.17, 15) is 0 Å². The van der Waals surface area contributed by atoms with Gasteiger partial charge in [0.1, 0.15) is 0 Å². The minimum atomic E-state index is -0.126. The van der Waals surface area contributed by atoms with Crippen LogP contribution in [0.15, 0.2) is 479 Å². The molecule has 0 spiro atoms. The predicted molar refractivity (Wildman–Crippen MR) is 614 cm³/mol. The van der Waals surface area contributed by atoms with Crippen LogP contribution < -0.4 is 0 Å². The molecule has 6 heterocycles. The van der Waals surface area contributed by atoms with Gasteiger partial charge in [-0.05, 0) is 193 Å². The molecule has 0 N–H and O–H groups in total. The third kappa shape index (κ3) is 16.0. The van der Waals surface area contributed by atoms with Crippen molar-refractivity contribution < 1.29 is 0 Å². The van der Waals surface area contributed by atoms with E-state index in [-0.39, 0.29) is 5.41 Å². The van der Waals surface area contributed by atoms with Gasteiger partial charge < -0.3 is 0 Å². The van der Waals surface area contributed by atoms with Gasteiger partial charge in [-0.1, -0.05) is 420 Å². The van der Waals surface area contributed by atoms with Gasteiger partial charge in [0.25, 0.3) is 0 Å².